The van der Waals surface area contributed by atoms with E-state index in [1.54, 1.807) is 0 Å². The molecule has 0 radical (unpaired) electrons. The summed E-state index contributed by atoms with van der Waals surface area (Å²) in [6.07, 6.45) is 4.44. The van der Waals surface area contributed by atoms with Crippen LogP contribution in [0.1, 0.15) is 51.0 Å². The van der Waals surface area contributed by atoms with Gasteiger partial charge < -0.3 is 10.6 Å². The SMILES string of the molecule is C[C@H](CNC(=O)C(=O)N[C@@H]1CCCC[C@H]1C)c1ccccc1. The average Bonchev–Trinajstić information content (AvgIpc) is 2.55. The molecule has 1 aliphatic carbocycles. The van der Waals surface area contributed by atoms with E-state index in [1.165, 1.54) is 6.42 Å². The maximum atomic E-state index is 12.0. The van der Waals surface area contributed by atoms with Gasteiger partial charge in [0.05, 0.1) is 0 Å². The highest BCUT2D eigenvalue weighted by Crippen LogP contribution is 2.23. The molecule has 1 aromatic rings. The minimum absolute atomic E-state index is 0.138. The molecular formula is C18H26N2O2. The minimum Gasteiger partial charge on any atom is -0.347 e. The van der Waals surface area contributed by atoms with Gasteiger partial charge in [-0.05, 0) is 30.2 Å². The van der Waals surface area contributed by atoms with Gasteiger partial charge in [-0.15, -0.1) is 0 Å². The van der Waals surface area contributed by atoms with E-state index < -0.39 is 11.8 Å². The fraction of sp³-hybridized carbons (Fsp3) is 0.556. The fourth-order valence-electron chi connectivity index (χ4n) is 2.99. The number of hydrogen-bond donors (Lipinski definition) is 2. The fourth-order valence-corrected chi connectivity index (χ4v) is 2.99. The van der Waals surface area contributed by atoms with Crippen molar-refractivity contribution >= 4 is 11.8 Å². The molecule has 0 unspecified atom stereocenters. The highest BCUT2D eigenvalue weighted by atomic mass is 16.2. The van der Waals surface area contributed by atoms with Gasteiger partial charge in [-0.25, -0.2) is 0 Å². The summed E-state index contributed by atoms with van der Waals surface area (Å²) in [5.74, 6) is -0.389. The Balaban J connectivity index is 1.78. The van der Waals surface area contributed by atoms with Crippen LogP contribution in [0.15, 0.2) is 30.3 Å². The van der Waals surface area contributed by atoms with E-state index >= 15 is 0 Å². The number of benzene rings is 1. The van der Waals surface area contributed by atoms with Gasteiger partial charge in [-0.3, -0.25) is 9.59 Å². The van der Waals surface area contributed by atoms with Crippen LogP contribution < -0.4 is 10.6 Å². The van der Waals surface area contributed by atoms with E-state index in [1.807, 2.05) is 37.3 Å². The van der Waals surface area contributed by atoms with Crippen molar-refractivity contribution in [2.75, 3.05) is 6.54 Å². The van der Waals surface area contributed by atoms with Gasteiger partial charge in [-0.1, -0.05) is 57.0 Å². The molecule has 2 rings (SSSR count). The zero-order valence-corrected chi connectivity index (χ0v) is 13.5. The zero-order chi connectivity index (χ0) is 15.9. The summed E-state index contributed by atoms with van der Waals surface area (Å²) >= 11 is 0. The Morgan fingerprint density at radius 1 is 1.14 bits per heavy atom. The molecule has 0 bridgehead atoms. The number of carbonyl (C=O) groups excluding carboxylic acids is 2. The van der Waals surface area contributed by atoms with E-state index in [9.17, 15) is 9.59 Å². The van der Waals surface area contributed by atoms with E-state index in [0.29, 0.717) is 12.5 Å². The molecule has 1 aromatic carbocycles. The number of rotatable bonds is 4. The molecule has 0 aliphatic heterocycles. The first-order valence-corrected chi connectivity index (χ1v) is 8.21. The first-order chi connectivity index (χ1) is 10.6. The summed E-state index contributed by atoms with van der Waals surface area (Å²) in [6, 6.07) is 10.1. The Kier molecular flexibility index (Phi) is 5.99. The van der Waals surface area contributed by atoms with Crippen LogP contribution in [0.3, 0.4) is 0 Å². The molecule has 0 heterocycles. The van der Waals surface area contributed by atoms with Crippen molar-refractivity contribution in [3.05, 3.63) is 35.9 Å². The number of nitrogens with one attached hydrogen (secondary N) is 2. The van der Waals surface area contributed by atoms with Crippen molar-refractivity contribution in [3.63, 3.8) is 0 Å². The van der Waals surface area contributed by atoms with Crippen LogP contribution >= 0.6 is 0 Å². The molecule has 1 saturated carbocycles. The lowest BCUT2D eigenvalue weighted by atomic mass is 9.86. The lowest BCUT2D eigenvalue weighted by Gasteiger charge is -2.29. The van der Waals surface area contributed by atoms with Crippen molar-refractivity contribution in [1.82, 2.24) is 10.6 Å². The molecule has 0 spiro atoms. The van der Waals surface area contributed by atoms with E-state index in [-0.39, 0.29) is 12.0 Å². The third kappa shape index (κ3) is 4.58. The van der Waals surface area contributed by atoms with E-state index in [0.717, 1.165) is 24.8 Å². The van der Waals surface area contributed by atoms with Gasteiger partial charge >= 0.3 is 11.8 Å². The first-order valence-electron chi connectivity index (χ1n) is 8.21. The van der Waals surface area contributed by atoms with Crippen molar-refractivity contribution in [1.29, 1.82) is 0 Å². The highest BCUT2D eigenvalue weighted by molar-refractivity contribution is 6.35. The van der Waals surface area contributed by atoms with Crippen molar-refractivity contribution in [2.45, 2.75) is 51.5 Å². The van der Waals surface area contributed by atoms with Crippen molar-refractivity contribution < 1.29 is 9.59 Å². The minimum atomic E-state index is -0.527. The normalized spacial score (nSPS) is 22.6. The van der Waals surface area contributed by atoms with Crippen LogP contribution in [-0.2, 0) is 9.59 Å². The lowest BCUT2D eigenvalue weighted by molar-refractivity contribution is -0.140. The third-order valence-electron chi connectivity index (χ3n) is 4.57. The topological polar surface area (TPSA) is 58.2 Å². The maximum absolute atomic E-state index is 12.0. The van der Waals surface area contributed by atoms with Gasteiger partial charge in [0.1, 0.15) is 0 Å². The van der Waals surface area contributed by atoms with Crippen molar-refractivity contribution in [3.8, 4) is 0 Å². The second kappa shape index (κ2) is 7.97. The lowest BCUT2D eigenvalue weighted by Crippen LogP contribution is -2.48. The number of hydrogen-bond acceptors (Lipinski definition) is 2. The molecule has 1 fully saturated rings. The Morgan fingerprint density at radius 3 is 2.50 bits per heavy atom. The number of carbonyl (C=O) groups is 2. The second-order valence-electron chi connectivity index (χ2n) is 6.36. The molecule has 22 heavy (non-hydrogen) atoms. The maximum Gasteiger partial charge on any atom is 0.309 e. The average molecular weight is 302 g/mol. The predicted octanol–water partition coefficient (Wildman–Crippen LogP) is 2.60. The van der Waals surface area contributed by atoms with Crippen LogP contribution in [-0.4, -0.2) is 24.4 Å². The quantitative estimate of drug-likeness (QED) is 0.840. The molecule has 0 aromatic heterocycles. The molecule has 2 N–H and O–H groups in total. The van der Waals surface area contributed by atoms with Gasteiger partial charge in [0, 0.05) is 12.6 Å². The molecule has 0 saturated heterocycles. The van der Waals surface area contributed by atoms with Gasteiger partial charge in [0.2, 0.25) is 0 Å². The number of amides is 2. The monoisotopic (exact) mass is 302 g/mol. The smallest absolute Gasteiger partial charge is 0.309 e. The Hall–Kier alpha value is -1.84. The van der Waals surface area contributed by atoms with Gasteiger partial charge in [0.25, 0.3) is 0 Å². The van der Waals surface area contributed by atoms with Gasteiger partial charge in [0.15, 0.2) is 0 Å². The van der Waals surface area contributed by atoms with Crippen LogP contribution in [0, 0.1) is 5.92 Å². The second-order valence-corrected chi connectivity index (χ2v) is 6.36. The molecule has 120 valence electrons. The summed E-state index contributed by atoms with van der Waals surface area (Å²) in [4.78, 5) is 23.9. The Labute approximate surface area is 132 Å². The summed E-state index contributed by atoms with van der Waals surface area (Å²) in [7, 11) is 0. The van der Waals surface area contributed by atoms with E-state index in [2.05, 4.69) is 17.6 Å². The van der Waals surface area contributed by atoms with Crippen LogP contribution in [0.5, 0.6) is 0 Å². The summed E-state index contributed by atoms with van der Waals surface area (Å²) in [6.45, 7) is 4.65. The van der Waals surface area contributed by atoms with Crippen LogP contribution in [0.4, 0.5) is 0 Å². The first kappa shape index (κ1) is 16.5. The highest BCUT2D eigenvalue weighted by Gasteiger charge is 2.25. The molecule has 3 atom stereocenters. The predicted molar refractivity (Wildman–Crippen MR) is 87.4 cm³/mol. The molecular weight excluding hydrogens is 276 g/mol. The molecule has 1 aliphatic rings. The molecule has 4 heteroatoms. The van der Waals surface area contributed by atoms with E-state index in [4.69, 9.17) is 0 Å². The van der Waals surface area contributed by atoms with Crippen LogP contribution in [0.2, 0.25) is 0 Å². The largest absolute Gasteiger partial charge is 0.347 e. The molecule has 4 nitrogen and oxygen atoms in total. The Morgan fingerprint density at radius 2 is 1.82 bits per heavy atom. The van der Waals surface area contributed by atoms with Gasteiger partial charge in [-0.2, -0.15) is 0 Å². The summed E-state index contributed by atoms with van der Waals surface area (Å²) < 4.78 is 0. The standard InChI is InChI=1S/C18H26N2O2/c1-13-8-6-7-11-16(13)20-18(22)17(21)19-12-14(2)15-9-4-3-5-10-15/h3-5,9-10,13-14,16H,6-8,11-12H2,1-2H3,(H,19,21)(H,20,22)/t13-,14-,16-/m1/s1. The summed E-state index contributed by atoms with van der Waals surface area (Å²) in [5, 5.41) is 5.62. The van der Waals surface area contributed by atoms with Crippen LogP contribution in [0.25, 0.3) is 0 Å². The third-order valence-corrected chi connectivity index (χ3v) is 4.57. The molecule has 2 amide bonds. The van der Waals surface area contributed by atoms with Crippen molar-refractivity contribution in [2.24, 2.45) is 5.92 Å². The summed E-state index contributed by atoms with van der Waals surface area (Å²) in [5.41, 5.74) is 1.16. The zero-order valence-electron chi connectivity index (χ0n) is 13.5. The Bertz CT molecular complexity index is 501.